The molecule has 1 aromatic rings. The smallest absolute Gasteiger partial charge is 0.244 e. The standard InChI is InChI=1S/C14H23N5/c1-2-4-8-12(7-3-1)16-14-17-13(11-15-18-14)19-9-5-6-10-19/h11-12H,1-10H2,(H,16,17,18). The fraction of sp³-hybridized carbons (Fsp3) is 0.786. The van der Waals surface area contributed by atoms with Gasteiger partial charge in [-0.05, 0) is 25.7 Å². The van der Waals surface area contributed by atoms with E-state index in [0.717, 1.165) is 18.9 Å². The van der Waals surface area contributed by atoms with Crippen LogP contribution in [0, 0.1) is 0 Å². The van der Waals surface area contributed by atoms with Crippen molar-refractivity contribution in [3.05, 3.63) is 6.20 Å². The molecule has 1 saturated carbocycles. The highest BCUT2D eigenvalue weighted by Gasteiger charge is 2.17. The first kappa shape index (κ1) is 12.6. The Morgan fingerprint density at radius 1 is 1.00 bits per heavy atom. The molecule has 3 rings (SSSR count). The minimum Gasteiger partial charge on any atom is -0.355 e. The van der Waals surface area contributed by atoms with E-state index in [1.54, 1.807) is 6.20 Å². The van der Waals surface area contributed by atoms with Crippen LogP contribution >= 0.6 is 0 Å². The van der Waals surface area contributed by atoms with Gasteiger partial charge in [-0.15, -0.1) is 5.10 Å². The summed E-state index contributed by atoms with van der Waals surface area (Å²) in [5.74, 6) is 1.68. The molecule has 1 saturated heterocycles. The topological polar surface area (TPSA) is 53.9 Å². The predicted octanol–water partition coefficient (Wildman–Crippen LogP) is 2.61. The molecule has 5 heteroatoms. The lowest BCUT2D eigenvalue weighted by Crippen LogP contribution is -2.23. The molecule has 0 aromatic carbocycles. The molecule has 1 N–H and O–H groups in total. The largest absolute Gasteiger partial charge is 0.355 e. The van der Waals surface area contributed by atoms with Crippen LogP contribution in [0.15, 0.2) is 6.20 Å². The van der Waals surface area contributed by atoms with Gasteiger partial charge in [0.25, 0.3) is 0 Å². The maximum atomic E-state index is 4.62. The van der Waals surface area contributed by atoms with Gasteiger partial charge in [-0.25, -0.2) is 0 Å². The zero-order valence-corrected chi connectivity index (χ0v) is 11.5. The molecule has 2 aliphatic rings. The van der Waals surface area contributed by atoms with E-state index >= 15 is 0 Å². The van der Waals surface area contributed by atoms with Crippen molar-refractivity contribution in [2.75, 3.05) is 23.3 Å². The fourth-order valence-corrected chi connectivity index (χ4v) is 3.06. The Balaban J connectivity index is 1.64. The van der Waals surface area contributed by atoms with E-state index in [4.69, 9.17) is 0 Å². The van der Waals surface area contributed by atoms with E-state index in [1.165, 1.54) is 51.4 Å². The highest BCUT2D eigenvalue weighted by molar-refractivity contribution is 5.41. The van der Waals surface area contributed by atoms with E-state index in [9.17, 15) is 0 Å². The van der Waals surface area contributed by atoms with Gasteiger partial charge in [0.15, 0.2) is 5.82 Å². The van der Waals surface area contributed by atoms with Crippen molar-refractivity contribution in [2.24, 2.45) is 0 Å². The molecule has 1 aliphatic carbocycles. The molecule has 0 bridgehead atoms. The summed E-state index contributed by atoms with van der Waals surface area (Å²) in [5, 5.41) is 11.7. The van der Waals surface area contributed by atoms with Crippen molar-refractivity contribution in [3.8, 4) is 0 Å². The molecule has 0 spiro atoms. The summed E-state index contributed by atoms with van der Waals surface area (Å²) in [7, 11) is 0. The summed E-state index contributed by atoms with van der Waals surface area (Å²) in [6.45, 7) is 2.20. The average Bonchev–Trinajstić information content (AvgIpc) is 2.86. The first-order valence-electron chi connectivity index (χ1n) is 7.63. The lowest BCUT2D eigenvalue weighted by Gasteiger charge is -2.18. The molecular formula is C14H23N5. The Labute approximate surface area is 114 Å². The second-order valence-electron chi connectivity index (χ2n) is 5.67. The van der Waals surface area contributed by atoms with Crippen LogP contribution in [0.2, 0.25) is 0 Å². The average molecular weight is 261 g/mol. The third-order valence-corrected chi connectivity index (χ3v) is 4.16. The third-order valence-electron chi connectivity index (χ3n) is 4.16. The Kier molecular flexibility index (Phi) is 4.10. The zero-order chi connectivity index (χ0) is 12.9. The van der Waals surface area contributed by atoms with Crippen LogP contribution in [0.1, 0.15) is 51.4 Å². The predicted molar refractivity (Wildman–Crippen MR) is 76.4 cm³/mol. The van der Waals surface area contributed by atoms with E-state index in [1.807, 2.05) is 0 Å². The second kappa shape index (κ2) is 6.17. The van der Waals surface area contributed by atoms with Gasteiger partial charge in [0.2, 0.25) is 5.95 Å². The van der Waals surface area contributed by atoms with Crippen LogP contribution in [0.3, 0.4) is 0 Å². The van der Waals surface area contributed by atoms with Crippen LogP contribution in [0.25, 0.3) is 0 Å². The van der Waals surface area contributed by atoms with E-state index in [2.05, 4.69) is 25.4 Å². The van der Waals surface area contributed by atoms with Gasteiger partial charge < -0.3 is 10.2 Å². The number of aromatic nitrogens is 3. The number of nitrogens with one attached hydrogen (secondary N) is 1. The molecule has 104 valence electrons. The summed E-state index contributed by atoms with van der Waals surface area (Å²) in [6, 6.07) is 0.526. The maximum absolute atomic E-state index is 4.62. The number of hydrogen-bond acceptors (Lipinski definition) is 5. The van der Waals surface area contributed by atoms with Gasteiger partial charge in [-0.2, -0.15) is 10.1 Å². The lowest BCUT2D eigenvalue weighted by atomic mass is 10.1. The quantitative estimate of drug-likeness (QED) is 0.848. The molecule has 0 radical (unpaired) electrons. The highest BCUT2D eigenvalue weighted by Crippen LogP contribution is 2.21. The SMILES string of the molecule is c1nnc(NC2CCCCCC2)nc1N1CCCC1. The van der Waals surface area contributed by atoms with E-state index < -0.39 is 0 Å². The first-order chi connectivity index (χ1) is 9.42. The summed E-state index contributed by atoms with van der Waals surface area (Å²) >= 11 is 0. The number of anilines is 2. The highest BCUT2D eigenvalue weighted by atomic mass is 15.3. The lowest BCUT2D eigenvalue weighted by molar-refractivity contribution is 0.612. The van der Waals surface area contributed by atoms with Crippen LogP contribution in [0.5, 0.6) is 0 Å². The van der Waals surface area contributed by atoms with Crippen molar-refractivity contribution >= 4 is 11.8 Å². The summed E-state index contributed by atoms with van der Waals surface area (Å²) in [4.78, 5) is 6.92. The fourth-order valence-electron chi connectivity index (χ4n) is 3.06. The molecule has 0 atom stereocenters. The molecule has 2 heterocycles. The molecule has 1 aromatic heterocycles. The maximum Gasteiger partial charge on any atom is 0.244 e. The number of nitrogens with zero attached hydrogens (tertiary/aromatic N) is 4. The molecule has 1 aliphatic heterocycles. The number of rotatable bonds is 3. The van der Waals surface area contributed by atoms with Gasteiger partial charge >= 0.3 is 0 Å². The van der Waals surface area contributed by atoms with Crippen LogP contribution < -0.4 is 10.2 Å². The van der Waals surface area contributed by atoms with Gasteiger partial charge in [-0.1, -0.05) is 25.7 Å². The number of hydrogen-bond donors (Lipinski definition) is 1. The Bertz CT molecular complexity index is 395. The Morgan fingerprint density at radius 2 is 1.74 bits per heavy atom. The van der Waals surface area contributed by atoms with Gasteiger partial charge in [0.1, 0.15) is 0 Å². The van der Waals surface area contributed by atoms with Crippen LogP contribution in [0.4, 0.5) is 11.8 Å². The van der Waals surface area contributed by atoms with Crippen molar-refractivity contribution in [3.63, 3.8) is 0 Å². The summed E-state index contributed by atoms with van der Waals surface area (Å²) < 4.78 is 0. The molecule has 0 unspecified atom stereocenters. The first-order valence-corrected chi connectivity index (χ1v) is 7.63. The van der Waals surface area contributed by atoms with E-state index in [0.29, 0.717) is 12.0 Å². The second-order valence-corrected chi connectivity index (χ2v) is 5.67. The minimum atomic E-state index is 0.526. The minimum absolute atomic E-state index is 0.526. The van der Waals surface area contributed by atoms with E-state index in [-0.39, 0.29) is 0 Å². The Hall–Kier alpha value is -1.39. The summed E-state index contributed by atoms with van der Waals surface area (Å²) in [6.07, 6.45) is 12.1. The van der Waals surface area contributed by atoms with Crippen molar-refractivity contribution < 1.29 is 0 Å². The molecule has 2 fully saturated rings. The molecule has 0 amide bonds. The van der Waals surface area contributed by atoms with Crippen molar-refractivity contribution in [2.45, 2.75) is 57.4 Å². The molecular weight excluding hydrogens is 238 g/mol. The Morgan fingerprint density at radius 3 is 2.47 bits per heavy atom. The monoisotopic (exact) mass is 261 g/mol. The van der Waals surface area contributed by atoms with Gasteiger partial charge in [0, 0.05) is 19.1 Å². The van der Waals surface area contributed by atoms with Gasteiger partial charge in [-0.3, -0.25) is 0 Å². The van der Waals surface area contributed by atoms with Crippen molar-refractivity contribution in [1.29, 1.82) is 0 Å². The van der Waals surface area contributed by atoms with Crippen LogP contribution in [-0.4, -0.2) is 34.3 Å². The molecule has 19 heavy (non-hydrogen) atoms. The molecule has 5 nitrogen and oxygen atoms in total. The van der Waals surface area contributed by atoms with Crippen LogP contribution in [-0.2, 0) is 0 Å². The summed E-state index contributed by atoms with van der Waals surface area (Å²) in [5.41, 5.74) is 0. The zero-order valence-electron chi connectivity index (χ0n) is 11.5. The van der Waals surface area contributed by atoms with Crippen molar-refractivity contribution in [1.82, 2.24) is 15.2 Å². The third kappa shape index (κ3) is 3.33. The van der Waals surface area contributed by atoms with Gasteiger partial charge in [0.05, 0.1) is 6.20 Å². The normalized spacial score (nSPS) is 21.4.